The van der Waals surface area contributed by atoms with Gasteiger partial charge in [-0.1, -0.05) is 19.9 Å². The van der Waals surface area contributed by atoms with Crippen LogP contribution in [0.2, 0.25) is 0 Å². The first-order valence-electron chi connectivity index (χ1n) is 6.73. The van der Waals surface area contributed by atoms with E-state index >= 15 is 0 Å². The van der Waals surface area contributed by atoms with Gasteiger partial charge in [0.1, 0.15) is 5.82 Å². The van der Waals surface area contributed by atoms with E-state index in [0.29, 0.717) is 0 Å². The number of carbonyl (C=O) groups is 1. The predicted octanol–water partition coefficient (Wildman–Crippen LogP) is 2.70. The lowest BCUT2D eigenvalue weighted by Gasteiger charge is -2.10. The highest BCUT2D eigenvalue weighted by molar-refractivity contribution is 5.92. The zero-order valence-corrected chi connectivity index (χ0v) is 12.8. The lowest BCUT2D eigenvalue weighted by atomic mass is 10.2. The van der Waals surface area contributed by atoms with Crippen LogP contribution in [0, 0.1) is 12.7 Å². The molecule has 0 atom stereocenters. The van der Waals surface area contributed by atoms with Gasteiger partial charge in [0.25, 0.3) is 5.56 Å². The third-order valence-electron chi connectivity index (χ3n) is 2.69. The van der Waals surface area contributed by atoms with Crippen molar-refractivity contribution in [2.45, 2.75) is 20.8 Å². The van der Waals surface area contributed by atoms with Crippen LogP contribution in [0.25, 0.3) is 0 Å². The molecular formula is C15H18FN3O3. The topological polar surface area (TPSA) is 84.2 Å². The Morgan fingerprint density at radius 2 is 1.91 bits per heavy atom. The number of aromatic carboxylic acids is 1. The third-order valence-corrected chi connectivity index (χ3v) is 2.69. The minimum atomic E-state index is -1.31. The maximum Gasteiger partial charge on any atom is 0.358 e. The Hall–Kier alpha value is -2.70. The van der Waals surface area contributed by atoms with Crippen molar-refractivity contribution in [3.05, 3.63) is 51.7 Å². The van der Waals surface area contributed by atoms with Crippen LogP contribution in [0.15, 0.2) is 29.1 Å². The summed E-state index contributed by atoms with van der Waals surface area (Å²) in [7, 11) is 1.34. The molecule has 0 aliphatic heterocycles. The van der Waals surface area contributed by atoms with Gasteiger partial charge in [-0.25, -0.2) is 13.9 Å². The molecule has 0 fully saturated rings. The van der Waals surface area contributed by atoms with Gasteiger partial charge >= 0.3 is 5.97 Å². The van der Waals surface area contributed by atoms with Crippen LogP contribution in [0.1, 0.15) is 29.9 Å². The van der Waals surface area contributed by atoms with E-state index < -0.39 is 17.3 Å². The van der Waals surface area contributed by atoms with E-state index in [2.05, 4.69) is 10.4 Å². The molecule has 6 nitrogen and oxygen atoms in total. The van der Waals surface area contributed by atoms with E-state index in [4.69, 9.17) is 5.11 Å². The summed E-state index contributed by atoms with van der Waals surface area (Å²) >= 11 is 0. The number of hydrogen-bond donors (Lipinski definition) is 2. The molecule has 1 heterocycles. The van der Waals surface area contributed by atoms with Gasteiger partial charge in [0.2, 0.25) is 0 Å². The molecule has 118 valence electrons. The summed E-state index contributed by atoms with van der Waals surface area (Å²) in [5.41, 5.74) is -0.0952. The first-order valence-corrected chi connectivity index (χ1v) is 6.73. The smallest absolute Gasteiger partial charge is 0.358 e. The van der Waals surface area contributed by atoms with Crippen LogP contribution in [0.3, 0.4) is 0 Å². The summed E-state index contributed by atoms with van der Waals surface area (Å²) in [5, 5.41) is 15.3. The van der Waals surface area contributed by atoms with Crippen molar-refractivity contribution in [1.82, 2.24) is 9.78 Å². The minimum absolute atomic E-state index is 0.0525. The molecule has 0 saturated heterocycles. The molecule has 7 heteroatoms. The second-order valence-corrected chi connectivity index (χ2v) is 4.28. The number of benzene rings is 1. The second-order valence-electron chi connectivity index (χ2n) is 4.28. The fourth-order valence-electron chi connectivity index (χ4n) is 1.66. The molecule has 0 amide bonds. The standard InChI is InChI=1S/C13H12FN3O3.C2H6/c1-7-3-4-9(8(14)5-7)15-10-6-11(18)17(2)16-12(10)13(19)20;1-2/h3-6,15H,1-2H3,(H,19,20);1-2H3. The van der Waals surface area contributed by atoms with Crippen LogP contribution in [0.4, 0.5) is 15.8 Å². The minimum Gasteiger partial charge on any atom is -0.476 e. The van der Waals surface area contributed by atoms with Gasteiger partial charge in [0, 0.05) is 13.1 Å². The van der Waals surface area contributed by atoms with E-state index in [1.807, 2.05) is 13.8 Å². The van der Waals surface area contributed by atoms with E-state index in [0.717, 1.165) is 16.3 Å². The van der Waals surface area contributed by atoms with Gasteiger partial charge in [-0.2, -0.15) is 5.10 Å². The number of hydrogen-bond acceptors (Lipinski definition) is 4. The molecule has 2 rings (SSSR count). The maximum absolute atomic E-state index is 13.7. The Morgan fingerprint density at radius 1 is 1.27 bits per heavy atom. The SMILES string of the molecule is CC.Cc1ccc(Nc2cc(=O)n(C)nc2C(=O)O)c(F)c1. The molecule has 22 heavy (non-hydrogen) atoms. The fourth-order valence-corrected chi connectivity index (χ4v) is 1.66. The van der Waals surface area contributed by atoms with Crippen molar-refractivity contribution in [1.29, 1.82) is 0 Å². The van der Waals surface area contributed by atoms with Crippen molar-refractivity contribution in [3.63, 3.8) is 0 Å². The largest absolute Gasteiger partial charge is 0.476 e. The van der Waals surface area contributed by atoms with Crippen molar-refractivity contribution in [3.8, 4) is 0 Å². The number of halogens is 1. The van der Waals surface area contributed by atoms with Crippen molar-refractivity contribution < 1.29 is 14.3 Å². The molecule has 0 aliphatic carbocycles. The molecule has 1 aromatic heterocycles. The number of rotatable bonds is 3. The molecule has 2 aromatic rings. The number of aryl methyl sites for hydroxylation is 2. The summed E-state index contributed by atoms with van der Waals surface area (Å²) in [6, 6.07) is 5.50. The van der Waals surface area contributed by atoms with Gasteiger partial charge in [0.05, 0.1) is 11.4 Å². The average molecular weight is 307 g/mol. The molecule has 0 spiro atoms. The number of aromatic nitrogens is 2. The summed E-state index contributed by atoms with van der Waals surface area (Å²) < 4.78 is 14.6. The number of carboxylic acid groups (broad SMARTS) is 1. The Balaban J connectivity index is 0.00000116. The Labute approximate surface area is 127 Å². The average Bonchev–Trinajstić information content (AvgIpc) is 2.47. The van der Waals surface area contributed by atoms with Crippen LogP contribution in [-0.2, 0) is 7.05 Å². The highest BCUT2D eigenvalue weighted by atomic mass is 19.1. The number of anilines is 2. The summed E-state index contributed by atoms with van der Waals surface area (Å²) in [4.78, 5) is 22.6. The van der Waals surface area contributed by atoms with Crippen molar-refractivity contribution >= 4 is 17.3 Å². The number of nitrogens with one attached hydrogen (secondary N) is 1. The van der Waals surface area contributed by atoms with Gasteiger partial charge in [-0.15, -0.1) is 0 Å². The van der Waals surface area contributed by atoms with Crippen molar-refractivity contribution in [2.75, 3.05) is 5.32 Å². The van der Waals surface area contributed by atoms with Gasteiger partial charge in [-0.3, -0.25) is 4.79 Å². The van der Waals surface area contributed by atoms with Crippen molar-refractivity contribution in [2.24, 2.45) is 7.05 Å². The third kappa shape index (κ3) is 3.91. The molecule has 0 bridgehead atoms. The van der Waals surface area contributed by atoms with Gasteiger partial charge < -0.3 is 10.4 Å². The molecule has 0 saturated carbocycles. The second kappa shape index (κ2) is 7.35. The van der Waals surface area contributed by atoms with Gasteiger partial charge in [-0.05, 0) is 24.6 Å². The Morgan fingerprint density at radius 3 is 2.45 bits per heavy atom. The first kappa shape index (κ1) is 17.4. The number of carboxylic acids is 1. The molecule has 0 radical (unpaired) electrons. The first-order chi connectivity index (χ1) is 10.4. The molecule has 1 aromatic carbocycles. The molecule has 0 aliphatic rings. The highest BCUT2D eigenvalue weighted by Gasteiger charge is 2.15. The quantitative estimate of drug-likeness (QED) is 0.910. The molecule has 2 N–H and O–H groups in total. The zero-order valence-electron chi connectivity index (χ0n) is 12.8. The number of nitrogens with zero attached hydrogens (tertiary/aromatic N) is 2. The van der Waals surface area contributed by atoms with Crippen LogP contribution in [-0.4, -0.2) is 20.9 Å². The van der Waals surface area contributed by atoms with E-state index in [1.54, 1.807) is 13.0 Å². The summed E-state index contributed by atoms with van der Waals surface area (Å²) in [6.07, 6.45) is 0. The summed E-state index contributed by atoms with van der Waals surface area (Å²) in [6.45, 7) is 5.73. The highest BCUT2D eigenvalue weighted by Crippen LogP contribution is 2.21. The Bertz CT molecular complexity index is 741. The van der Waals surface area contributed by atoms with E-state index in [-0.39, 0.29) is 17.1 Å². The predicted molar refractivity (Wildman–Crippen MR) is 82.2 cm³/mol. The molecule has 0 unspecified atom stereocenters. The maximum atomic E-state index is 13.7. The summed E-state index contributed by atoms with van der Waals surface area (Å²) in [5.74, 6) is -1.85. The monoisotopic (exact) mass is 307 g/mol. The van der Waals surface area contributed by atoms with E-state index in [9.17, 15) is 14.0 Å². The lowest BCUT2D eigenvalue weighted by Crippen LogP contribution is -2.23. The van der Waals surface area contributed by atoms with Crippen LogP contribution < -0.4 is 10.9 Å². The molecular weight excluding hydrogens is 289 g/mol. The lowest BCUT2D eigenvalue weighted by molar-refractivity contribution is 0.0689. The van der Waals surface area contributed by atoms with Crippen LogP contribution in [0.5, 0.6) is 0 Å². The normalized spacial score (nSPS) is 9.68. The van der Waals surface area contributed by atoms with E-state index in [1.165, 1.54) is 19.2 Å². The van der Waals surface area contributed by atoms with Gasteiger partial charge in [0.15, 0.2) is 5.69 Å². The Kier molecular flexibility index (Phi) is 5.80. The fraction of sp³-hybridized carbons (Fsp3) is 0.267. The zero-order chi connectivity index (χ0) is 16.9. The van der Waals surface area contributed by atoms with Crippen LogP contribution >= 0.6 is 0 Å².